The molecule has 0 saturated heterocycles. The maximum Gasteiger partial charge on any atom is 0.328 e. The molecule has 0 N–H and O–H groups in total. The smallest absolute Gasteiger partial charge is 0.328 e. The molecule has 0 aliphatic carbocycles. The number of carbonyl (C=O) groups excluding carboxylic acids is 1. The van der Waals surface area contributed by atoms with Gasteiger partial charge in [0.25, 0.3) is 0 Å². The van der Waals surface area contributed by atoms with Crippen molar-refractivity contribution in [2.75, 3.05) is 12.4 Å². The van der Waals surface area contributed by atoms with E-state index in [0.29, 0.717) is 5.56 Å². The van der Waals surface area contributed by atoms with Crippen LogP contribution in [0.15, 0.2) is 61.4 Å². The number of esters is 1. The van der Waals surface area contributed by atoms with Crippen molar-refractivity contribution in [1.82, 2.24) is 4.57 Å². The van der Waals surface area contributed by atoms with E-state index in [2.05, 4.69) is 6.58 Å². The summed E-state index contributed by atoms with van der Waals surface area (Å²) in [6.07, 6.45) is 5.04. The average Bonchev–Trinajstić information content (AvgIpc) is 3.02. The third kappa shape index (κ3) is 3.90. The van der Waals surface area contributed by atoms with Gasteiger partial charge in [-0.25, -0.2) is 8.42 Å². The van der Waals surface area contributed by atoms with Crippen LogP contribution in [0.2, 0.25) is 0 Å². The Morgan fingerprint density at radius 2 is 1.87 bits per heavy atom. The molecule has 1 aromatic heterocycles. The number of rotatable bonds is 7. The summed E-state index contributed by atoms with van der Waals surface area (Å²) in [7, 11) is -3.71. The second kappa shape index (κ2) is 7.28. The SMILES string of the molecule is C=CCS(=O)(=O)C(C(=O)OCC)c1ccc(-n2cccc2)cc1. The number of hydrogen-bond donors (Lipinski definition) is 0. The number of benzene rings is 1. The van der Waals surface area contributed by atoms with Gasteiger partial charge in [0.15, 0.2) is 15.1 Å². The lowest BCUT2D eigenvalue weighted by Crippen LogP contribution is -2.26. The second-order valence-corrected chi connectivity index (χ2v) is 7.06. The Bertz CT molecular complexity index is 761. The Hall–Kier alpha value is -2.34. The standard InChI is InChI=1S/C17H19NO4S/c1-3-13-23(20,21)16(17(19)22-4-2)14-7-9-15(10-8-14)18-11-5-6-12-18/h3,5-12,16H,1,4,13H2,2H3. The van der Waals surface area contributed by atoms with E-state index in [-0.39, 0.29) is 12.4 Å². The molecule has 5 nitrogen and oxygen atoms in total. The van der Waals surface area contributed by atoms with Gasteiger partial charge in [-0.2, -0.15) is 0 Å². The number of nitrogens with zero attached hydrogens (tertiary/aromatic N) is 1. The van der Waals surface area contributed by atoms with E-state index in [9.17, 15) is 13.2 Å². The zero-order chi connectivity index (χ0) is 16.9. The summed E-state index contributed by atoms with van der Waals surface area (Å²) in [6, 6.07) is 10.6. The van der Waals surface area contributed by atoms with E-state index >= 15 is 0 Å². The summed E-state index contributed by atoms with van der Waals surface area (Å²) in [4.78, 5) is 12.1. The Kier molecular flexibility index (Phi) is 5.39. The minimum Gasteiger partial charge on any atom is -0.465 e. The topological polar surface area (TPSA) is 65.4 Å². The lowest BCUT2D eigenvalue weighted by Gasteiger charge is -2.16. The van der Waals surface area contributed by atoms with Crippen molar-refractivity contribution in [2.24, 2.45) is 0 Å². The average molecular weight is 333 g/mol. The maximum atomic E-state index is 12.4. The predicted molar refractivity (Wildman–Crippen MR) is 89.1 cm³/mol. The Morgan fingerprint density at radius 1 is 1.26 bits per heavy atom. The van der Waals surface area contributed by atoms with Crippen LogP contribution in [0.25, 0.3) is 5.69 Å². The van der Waals surface area contributed by atoms with Crippen molar-refractivity contribution in [2.45, 2.75) is 12.2 Å². The number of ether oxygens (including phenoxy) is 1. The van der Waals surface area contributed by atoms with E-state index in [1.807, 2.05) is 29.1 Å². The number of aromatic nitrogens is 1. The van der Waals surface area contributed by atoms with Crippen molar-refractivity contribution >= 4 is 15.8 Å². The first-order valence-electron chi connectivity index (χ1n) is 7.22. The van der Waals surface area contributed by atoms with Crippen LogP contribution in [0.1, 0.15) is 17.7 Å². The van der Waals surface area contributed by atoms with Gasteiger partial charge in [-0.1, -0.05) is 18.2 Å². The van der Waals surface area contributed by atoms with Gasteiger partial charge < -0.3 is 9.30 Å². The molecule has 0 bridgehead atoms. The van der Waals surface area contributed by atoms with Gasteiger partial charge >= 0.3 is 5.97 Å². The zero-order valence-corrected chi connectivity index (χ0v) is 13.7. The van der Waals surface area contributed by atoms with Gasteiger partial charge in [0.1, 0.15) is 0 Å². The molecule has 6 heteroatoms. The molecule has 2 aromatic rings. The van der Waals surface area contributed by atoms with Crippen molar-refractivity contribution < 1.29 is 17.9 Å². The van der Waals surface area contributed by atoms with E-state index in [1.165, 1.54) is 6.08 Å². The Balaban J connectivity index is 2.39. The van der Waals surface area contributed by atoms with Crippen LogP contribution < -0.4 is 0 Å². The van der Waals surface area contributed by atoms with Crippen LogP contribution in [-0.2, 0) is 19.4 Å². The second-order valence-electron chi connectivity index (χ2n) is 4.93. The van der Waals surface area contributed by atoms with Gasteiger partial charge in [-0.05, 0) is 36.8 Å². The first kappa shape index (κ1) is 17.0. The normalized spacial score (nSPS) is 12.6. The van der Waals surface area contributed by atoms with Gasteiger partial charge in [0.05, 0.1) is 12.4 Å². The Labute approximate surface area is 136 Å². The van der Waals surface area contributed by atoms with E-state index < -0.39 is 21.1 Å². The third-order valence-electron chi connectivity index (χ3n) is 3.31. The molecule has 0 amide bonds. The summed E-state index contributed by atoms with van der Waals surface area (Å²) < 4.78 is 31.6. The minimum absolute atomic E-state index is 0.125. The highest BCUT2D eigenvalue weighted by Crippen LogP contribution is 2.26. The fraction of sp³-hybridized carbons (Fsp3) is 0.235. The zero-order valence-electron chi connectivity index (χ0n) is 12.9. The fourth-order valence-electron chi connectivity index (χ4n) is 2.30. The summed E-state index contributed by atoms with van der Waals surface area (Å²) in [5.74, 6) is -1.04. The summed E-state index contributed by atoms with van der Waals surface area (Å²) in [5, 5.41) is -1.33. The highest BCUT2D eigenvalue weighted by atomic mass is 32.2. The molecule has 0 aliphatic heterocycles. The van der Waals surface area contributed by atoms with Crippen LogP contribution in [0.4, 0.5) is 0 Å². The van der Waals surface area contributed by atoms with Crippen molar-refractivity contribution in [3.63, 3.8) is 0 Å². The van der Waals surface area contributed by atoms with Crippen LogP contribution in [-0.4, -0.2) is 31.3 Å². The molecule has 23 heavy (non-hydrogen) atoms. The third-order valence-corrected chi connectivity index (χ3v) is 5.19. The molecular formula is C17H19NO4S. The minimum atomic E-state index is -3.71. The molecule has 1 aromatic carbocycles. The fourth-order valence-corrected chi connectivity index (χ4v) is 3.75. The van der Waals surface area contributed by atoms with E-state index in [0.717, 1.165) is 5.69 Å². The largest absolute Gasteiger partial charge is 0.465 e. The molecular weight excluding hydrogens is 314 g/mol. The highest BCUT2D eigenvalue weighted by molar-refractivity contribution is 7.92. The lowest BCUT2D eigenvalue weighted by atomic mass is 10.1. The molecule has 0 fully saturated rings. The number of hydrogen-bond acceptors (Lipinski definition) is 4. The van der Waals surface area contributed by atoms with Gasteiger partial charge in [0.2, 0.25) is 0 Å². The Morgan fingerprint density at radius 3 is 2.39 bits per heavy atom. The van der Waals surface area contributed by atoms with Crippen molar-refractivity contribution in [1.29, 1.82) is 0 Å². The van der Waals surface area contributed by atoms with Gasteiger partial charge in [0, 0.05) is 18.1 Å². The highest BCUT2D eigenvalue weighted by Gasteiger charge is 2.34. The molecule has 1 unspecified atom stereocenters. The molecule has 0 radical (unpaired) electrons. The van der Waals surface area contributed by atoms with Crippen LogP contribution in [0, 0.1) is 0 Å². The number of sulfone groups is 1. The molecule has 0 aliphatic rings. The molecule has 0 spiro atoms. The van der Waals surface area contributed by atoms with E-state index in [1.54, 1.807) is 31.2 Å². The maximum absolute atomic E-state index is 12.4. The summed E-state index contributed by atoms with van der Waals surface area (Å²) in [5.41, 5.74) is 1.27. The van der Waals surface area contributed by atoms with Crippen LogP contribution >= 0.6 is 0 Å². The van der Waals surface area contributed by atoms with Crippen LogP contribution in [0.5, 0.6) is 0 Å². The quantitative estimate of drug-likeness (QED) is 0.577. The lowest BCUT2D eigenvalue weighted by molar-refractivity contribution is -0.142. The van der Waals surface area contributed by atoms with Crippen molar-refractivity contribution in [3.8, 4) is 5.69 Å². The first-order valence-corrected chi connectivity index (χ1v) is 8.93. The van der Waals surface area contributed by atoms with Crippen molar-refractivity contribution in [3.05, 3.63) is 67.0 Å². The monoisotopic (exact) mass is 333 g/mol. The summed E-state index contributed by atoms with van der Waals surface area (Å²) in [6.45, 7) is 5.21. The first-order chi connectivity index (χ1) is 11.0. The van der Waals surface area contributed by atoms with Gasteiger partial charge in [-0.3, -0.25) is 4.79 Å². The van der Waals surface area contributed by atoms with Gasteiger partial charge in [-0.15, -0.1) is 6.58 Å². The molecule has 2 rings (SSSR count). The summed E-state index contributed by atoms with van der Waals surface area (Å²) >= 11 is 0. The molecule has 0 saturated carbocycles. The molecule has 1 heterocycles. The van der Waals surface area contributed by atoms with E-state index in [4.69, 9.17) is 4.74 Å². The van der Waals surface area contributed by atoms with Crippen LogP contribution in [0.3, 0.4) is 0 Å². The number of carbonyl (C=O) groups is 1. The molecule has 122 valence electrons. The predicted octanol–water partition coefficient (Wildman–Crippen LogP) is 2.68. The molecule has 1 atom stereocenters.